The number of rotatable bonds is 3. The molecule has 0 amide bonds. The summed E-state index contributed by atoms with van der Waals surface area (Å²) in [6, 6.07) is 0. The molecule has 1 aromatic rings. The lowest BCUT2D eigenvalue weighted by molar-refractivity contribution is 0.361. The highest BCUT2D eigenvalue weighted by Gasteiger charge is 2.27. The summed E-state index contributed by atoms with van der Waals surface area (Å²) in [5.74, 6) is 0. The van der Waals surface area contributed by atoms with Crippen molar-refractivity contribution in [2.75, 3.05) is 0 Å². The van der Waals surface area contributed by atoms with Crippen molar-refractivity contribution in [3.05, 3.63) is 16.6 Å². The van der Waals surface area contributed by atoms with Crippen LogP contribution in [-0.2, 0) is 6.54 Å². The maximum atomic E-state index is 4.26. The number of hydrogen-bond donors (Lipinski definition) is 1. The van der Waals surface area contributed by atoms with Crippen LogP contribution in [0, 0.1) is 0 Å². The first kappa shape index (κ1) is 9.16. The van der Waals surface area contributed by atoms with Crippen molar-refractivity contribution in [2.45, 2.75) is 44.7 Å². The zero-order valence-corrected chi connectivity index (χ0v) is 8.86. The maximum absolute atomic E-state index is 4.26. The van der Waals surface area contributed by atoms with Crippen molar-refractivity contribution in [3.8, 4) is 0 Å². The van der Waals surface area contributed by atoms with Crippen LogP contribution < -0.4 is 5.32 Å². The molecule has 0 aromatic carbocycles. The first-order chi connectivity index (χ1) is 6.29. The predicted molar refractivity (Wildman–Crippen MR) is 55.8 cm³/mol. The number of hydrogen-bond acceptors (Lipinski definition) is 3. The summed E-state index contributed by atoms with van der Waals surface area (Å²) >= 11 is 1.67. The fraction of sp³-hybridized carbons (Fsp3) is 0.700. The van der Waals surface area contributed by atoms with Gasteiger partial charge in [0.2, 0.25) is 0 Å². The molecular weight excluding hydrogens is 180 g/mol. The monoisotopic (exact) mass is 196 g/mol. The lowest BCUT2D eigenvalue weighted by Gasteiger charge is -2.24. The van der Waals surface area contributed by atoms with E-state index in [9.17, 15) is 0 Å². The lowest BCUT2D eigenvalue weighted by atomic mass is 10.0. The van der Waals surface area contributed by atoms with Gasteiger partial charge < -0.3 is 5.32 Å². The average Bonchev–Trinajstić information content (AvgIpc) is 2.72. The first-order valence-corrected chi connectivity index (χ1v) is 5.85. The standard InChI is InChI=1S/C10H16N2S/c1-10(4-2-3-5-10)12-6-9-7-13-8-11-9/h7-8,12H,2-6H2,1H3. The molecule has 3 heteroatoms. The van der Waals surface area contributed by atoms with E-state index in [1.165, 1.54) is 31.4 Å². The molecule has 1 heterocycles. The third-order valence-corrected chi connectivity index (χ3v) is 3.52. The number of aromatic nitrogens is 1. The zero-order valence-electron chi connectivity index (χ0n) is 8.05. The summed E-state index contributed by atoms with van der Waals surface area (Å²) in [6.45, 7) is 3.26. The second-order valence-electron chi connectivity index (χ2n) is 4.10. The Morgan fingerprint density at radius 2 is 2.31 bits per heavy atom. The summed E-state index contributed by atoms with van der Waals surface area (Å²) in [4.78, 5) is 4.26. The summed E-state index contributed by atoms with van der Waals surface area (Å²) in [5, 5.41) is 5.72. The molecule has 1 saturated carbocycles. The Kier molecular flexibility index (Phi) is 2.65. The SMILES string of the molecule is CC1(NCc2cscn2)CCCC1. The quantitative estimate of drug-likeness (QED) is 0.803. The predicted octanol–water partition coefficient (Wildman–Crippen LogP) is 2.57. The van der Waals surface area contributed by atoms with Gasteiger partial charge >= 0.3 is 0 Å². The number of nitrogens with zero attached hydrogens (tertiary/aromatic N) is 1. The Bertz CT molecular complexity index is 250. The highest BCUT2D eigenvalue weighted by Crippen LogP contribution is 2.29. The Labute approximate surface area is 83.4 Å². The minimum atomic E-state index is 0.379. The second-order valence-corrected chi connectivity index (χ2v) is 4.82. The van der Waals surface area contributed by atoms with Crippen LogP contribution in [0.1, 0.15) is 38.3 Å². The molecule has 0 atom stereocenters. The van der Waals surface area contributed by atoms with Gasteiger partial charge in [-0.3, -0.25) is 0 Å². The average molecular weight is 196 g/mol. The zero-order chi connectivity index (χ0) is 9.15. The topological polar surface area (TPSA) is 24.9 Å². The maximum Gasteiger partial charge on any atom is 0.0795 e. The summed E-state index contributed by atoms with van der Waals surface area (Å²) < 4.78 is 0. The van der Waals surface area contributed by atoms with Gasteiger partial charge in [-0.25, -0.2) is 4.98 Å². The third-order valence-electron chi connectivity index (χ3n) is 2.89. The molecule has 0 bridgehead atoms. The molecule has 2 rings (SSSR count). The molecule has 2 nitrogen and oxygen atoms in total. The van der Waals surface area contributed by atoms with Crippen LogP contribution in [0.25, 0.3) is 0 Å². The van der Waals surface area contributed by atoms with E-state index < -0.39 is 0 Å². The van der Waals surface area contributed by atoms with Crippen LogP contribution in [0.4, 0.5) is 0 Å². The van der Waals surface area contributed by atoms with Gasteiger partial charge in [-0.15, -0.1) is 11.3 Å². The van der Waals surface area contributed by atoms with Gasteiger partial charge in [0.05, 0.1) is 11.2 Å². The molecule has 13 heavy (non-hydrogen) atoms. The fourth-order valence-electron chi connectivity index (χ4n) is 1.96. The van der Waals surface area contributed by atoms with E-state index in [0.29, 0.717) is 5.54 Å². The van der Waals surface area contributed by atoms with Gasteiger partial charge in [0.1, 0.15) is 0 Å². The van der Waals surface area contributed by atoms with Crippen molar-refractivity contribution in [1.82, 2.24) is 10.3 Å². The van der Waals surface area contributed by atoms with Crippen molar-refractivity contribution >= 4 is 11.3 Å². The van der Waals surface area contributed by atoms with Crippen LogP contribution >= 0.6 is 11.3 Å². The van der Waals surface area contributed by atoms with E-state index in [-0.39, 0.29) is 0 Å². The van der Waals surface area contributed by atoms with Gasteiger partial charge in [-0.1, -0.05) is 12.8 Å². The minimum Gasteiger partial charge on any atom is -0.306 e. The normalized spacial score (nSPS) is 20.7. The Balaban J connectivity index is 1.85. The molecule has 1 N–H and O–H groups in total. The summed E-state index contributed by atoms with van der Waals surface area (Å²) in [5.41, 5.74) is 3.45. The summed E-state index contributed by atoms with van der Waals surface area (Å²) in [7, 11) is 0. The van der Waals surface area contributed by atoms with E-state index in [1.54, 1.807) is 11.3 Å². The molecular formula is C10H16N2S. The van der Waals surface area contributed by atoms with Crippen LogP contribution in [0.15, 0.2) is 10.9 Å². The van der Waals surface area contributed by atoms with Crippen molar-refractivity contribution < 1.29 is 0 Å². The molecule has 1 aliphatic carbocycles. The molecule has 1 aliphatic rings. The number of thiazole rings is 1. The second kappa shape index (κ2) is 3.76. The van der Waals surface area contributed by atoms with Gasteiger partial charge in [0, 0.05) is 17.5 Å². The van der Waals surface area contributed by atoms with Crippen molar-refractivity contribution in [2.24, 2.45) is 0 Å². The van der Waals surface area contributed by atoms with Gasteiger partial charge in [-0.05, 0) is 19.8 Å². The third kappa shape index (κ3) is 2.29. The van der Waals surface area contributed by atoms with Gasteiger partial charge in [-0.2, -0.15) is 0 Å². The van der Waals surface area contributed by atoms with Crippen LogP contribution in [0.3, 0.4) is 0 Å². The Morgan fingerprint density at radius 1 is 1.54 bits per heavy atom. The highest BCUT2D eigenvalue weighted by molar-refractivity contribution is 7.07. The molecule has 0 spiro atoms. The van der Waals surface area contributed by atoms with Gasteiger partial charge in [0.25, 0.3) is 0 Å². The minimum absolute atomic E-state index is 0.379. The molecule has 1 aromatic heterocycles. The van der Waals surface area contributed by atoms with Crippen LogP contribution in [0.2, 0.25) is 0 Å². The smallest absolute Gasteiger partial charge is 0.0795 e. The van der Waals surface area contributed by atoms with E-state index in [4.69, 9.17) is 0 Å². The van der Waals surface area contributed by atoms with E-state index in [1.807, 2.05) is 5.51 Å². The highest BCUT2D eigenvalue weighted by atomic mass is 32.1. The van der Waals surface area contributed by atoms with Crippen LogP contribution in [-0.4, -0.2) is 10.5 Å². The number of nitrogens with one attached hydrogen (secondary N) is 1. The molecule has 0 radical (unpaired) electrons. The molecule has 72 valence electrons. The van der Waals surface area contributed by atoms with Gasteiger partial charge in [0.15, 0.2) is 0 Å². The molecule has 0 unspecified atom stereocenters. The summed E-state index contributed by atoms with van der Waals surface area (Å²) in [6.07, 6.45) is 5.38. The van der Waals surface area contributed by atoms with E-state index >= 15 is 0 Å². The molecule has 0 saturated heterocycles. The fourth-order valence-corrected chi connectivity index (χ4v) is 2.52. The lowest BCUT2D eigenvalue weighted by Crippen LogP contribution is -2.38. The van der Waals surface area contributed by atoms with E-state index in [2.05, 4.69) is 22.6 Å². The molecule has 0 aliphatic heterocycles. The van der Waals surface area contributed by atoms with Crippen molar-refractivity contribution in [3.63, 3.8) is 0 Å². The van der Waals surface area contributed by atoms with Crippen molar-refractivity contribution in [1.29, 1.82) is 0 Å². The Hall–Kier alpha value is -0.410. The van der Waals surface area contributed by atoms with Crippen LogP contribution in [0.5, 0.6) is 0 Å². The first-order valence-electron chi connectivity index (χ1n) is 4.91. The largest absolute Gasteiger partial charge is 0.306 e. The Morgan fingerprint density at radius 3 is 2.92 bits per heavy atom. The molecule has 1 fully saturated rings. The van der Waals surface area contributed by atoms with E-state index in [0.717, 1.165) is 6.54 Å².